The number of nitrogens with one attached hydrogen (secondary N) is 1. The van der Waals surface area contributed by atoms with E-state index >= 15 is 0 Å². The zero-order valence-electron chi connectivity index (χ0n) is 11.4. The minimum absolute atomic E-state index is 0.0173. The summed E-state index contributed by atoms with van der Waals surface area (Å²) in [4.78, 5) is 12.0. The predicted octanol–water partition coefficient (Wildman–Crippen LogP) is 3.61. The van der Waals surface area contributed by atoms with E-state index in [-0.39, 0.29) is 12.5 Å². The molecule has 0 atom stereocenters. The zero-order chi connectivity index (χ0) is 14.7. The van der Waals surface area contributed by atoms with Crippen LogP contribution >= 0.6 is 11.6 Å². The maximum Gasteiger partial charge on any atom is 0.240 e. The van der Waals surface area contributed by atoms with Crippen LogP contribution < -0.4 is 5.32 Å². The van der Waals surface area contributed by atoms with E-state index < -0.39 is 0 Å². The fraction of sp³-hybridized carbons (Fsp3) is 0.118. The van der Waals surface area contributed by atoms with Crippen molar-refractivity contribution in [1.82, 2.24) is 9.88 Å². The number of aromatic nitrogens is 1. The lowest BCUT2D eigenvalue weighted by atomic mass is 10.2. The molecule has 0 aliphatic rings. The normalized spacial score (nSPS) is 10.7. The van der Waals surface area contributed by atoms with Gasteiger partial charge in [0.05, 0.1) is 0 Å². The van der Waals surface area contributed by atoms with Crippen LogP contribution in [0.3, 0.4) is 0 Å². The van der Waals surface area contributed by atoms with Crippen LogP contribution in [-0.2, 0) is 17.9 Å². The molecule has 106 valence electrons. The number of halogens is 1. The van der Waals surface area contributed by atoms with E-state index in [1.54, 1.807) is 0 Å². The highest BCUT2D eigenvalue weighted by Gasteiger charge is 2.06. The molecule has 0 radical (unpaired) electrons. The van der Waals surface area contributed by atoms with E-state index in [2.05, 4.69) is 5.32 Å². The number of carbonyl (C=O) groups is 1. The molecule has 0 spiro atoms. The number of hydrogen-bond donors (Lipinski definition) is 1. The minimum atomic E-state index is -0.0173. The largest absolute Gasteiger partial charge is 0.350 e. The second kappa shape index (κ2) is 6.02. The summed E-state index contributed by atoms with van der Waals surface area (Å²) in [7, 11) is 0. The zero-order valence-corrected chi connectivity index (χ0v) is 12.2. The molecular weight excluding hydrogens is 284 g/mol. The fourth-order valence-electron chi connectivity index (χ4n) is 2.30. The van der Waals surface area contributed by atoms with Crippen molar-refractivity contribution in [3.8, 4) is 0 Å². The number of benzene rings is 2. The lowest BCUT2D eigenvalue weighted by Gasteiger charge is -2.07. The Kier molecular flexibility index (Phi) is 3.93. The second-order valence-electron chi connectivity index (χ2n) is 4.91. The second-order valence-corrected chi connectivity index (χ2v) is 5.35. The molecule has 0 saturated carbocycles. The molecule has 3 aromatic rings. The Morgan fingerprint density at radius 1 is 1.10 bits per heavy atom. The quantitative estimate of drug-likeness (QED) is 0.784. The number of amides is 1. The summed E-state index contributed by atoms with van der Waals surface area (Å²) in [6, 6.07) is 17.5. The first-order valence-electron chi connectivity index (χ1n) is 6.77. The van der Waals surface area contributed by atoms with Gasteiger partial charge in [-0.15, -0.1) is 0 Å². The molecule has 3 nitrogen and oxygen atoms in total. The SMILES string of the molecule is O=C(Cn1ccc2ccc(Cl)cc21)NCc1ccccc1. The number of carbonyl (C=O) groups excluding carboxylic acids is 1. The Balaban J connectivity index is 1.67. The van der Waals surface area contributed by atoms with Crippen molar-refractivity contribution in [1.29, 1.82) is 0 Å². The molecular formula is C17H15ClN2O. The molecule has 4 heteroatoms. The molecule has 1 heterocycles. The molecule has 0 saturated heterocycles. The Labute approximate surface area is 128 Å². The standard InChI is InChI=1S/C17H15ClN2O/c18-15-7-6-14-8-9-20(16(14)10-15)12-17(21)19-11-13-4-2-1-3-5-13/h1-10H,11-12H2,(H,19,21). The molecule has 1 aromatic heterocycles. The van der Waals surface area contributed by atoms with E-state index in [0.717, 1.165) is 16.5 Å². The van der Waals surface area contributed by atoms with Gasteiger partial charge in [-0.05, 0) is 29.1 Å². The predicted molar refractivity (Wildman–Crippen MR) is 85.2 cm³/mol. The van der Waals surface area contributed by atoms with Crippen LogP contribution in [0.15, 0.2) is 60.8 Å². The summed E-state index contributed by atoms with van der Waals surface area (Å²) in [5.41, 5.74) is 2.06. The molecule has 0 unspecified atom stereocenters. The average Bonchev–Trinajstić information content (AvgIpc) is 2.88. The summed E-state index contributed by atoms with van der Waals surface area (Å²) < 4.78 is 1.90. The molecule has 0 aliphatic carbocycles. The smallest absolute Gasteiger partial charge is 0.240 e. The van der Waals surface area contributed by atoms with Gasteiger partial charge in [0.15, 0.2) is 0 Å². The highest BCUT2D eigenvalue weighted by Crippen LogP contribution is 2.20. The molecule has 21 heavy (non-hydrogen) atoms. The topological polar surface area (TPSA) is 34.0 Å². The van der Waals surface area contributed by atoms with E-state index in [9.17, 15) is 4.79 Å². The third kappa shape index (κ3) is 3.26. The number of nitrogens with zero attached hydrogens (tertiary/aromatic N) is 1. The minimum Gasteiger partial charge on any atom is -0.350 e. The van der Waals surface area contributed by atoms with Crippen LogP contribution in [0.25, 0.3) is 10.9 Å². The van der Waals surface area contributed by atoms with E-state index in [4.69, 9.17) is 11.6 Å². The number of rotatable bonds is 4. The summed E-state index contributed by atoms with van der Waals surface area (Å²) in [5.74, 6) is -0.0173. The van der Waals surface area contributed by atoms with Crippen LogP contribution in [0, 0.1) is 0 Å². The van der Waals surface area contributed by atoms with Gasteiger partial charge in [-0.2, -0.15) is 0 Å². The van der Waals surface area contributed by atoms with E-state index in [0.29, 0.717) is 11.6 Å². The summed E-state index contributed by atoms with van der Waals surface area (Å²) in [6.07, 6.45) is 1.91. The van der Waals surface area contributed by atoms with Crippen molar-refractivity contribution in [2.24, 2.45) is 0 Å². The Bertz CT molecular complexity index is 765. The maximum absolute atomic E-state index is 12.0. The molecule has 1 amide bonds. The van der Waals surface area contributed by atoms with Crippen molar-refractivity contribution in [2.75, 3.05) is 0 Å². The van der Waals surface area contributed by atoms with Crippen molar-refractivity contribution in [3.05, 3.63) is 71.4 Å². The monoisotopic (exact) mass is 298 g/mol. The van der Waals surface area contributed by atoms with Gasteiger partial charge in [0.1, 0.15) is 6.54 Å². The lowest BCUT2D eigenvalue weighted by molar-refractivity contribution is -0.121. The van der Waals surface area contributed by atoms with Gasteiger partial charge in [-0.25, -0.2) is 0 Å². The molecule has 3 rings (SSSR count). The molecule has 0 bridgehead atoms. The first-order chi connectivity index (χ1) is 10.2. The fourth-order valence-corrected chi connectivity index (χ4v) is 2.47. The Morgan fingerprint density at radius 2 is 1.90 bits per heavy atom. The van der Waals surface area contributed by atoms with Crippen molar-refractivity contribution >= 4 is 28.4 Å². The number of hydrogen-bond acceptors (Lipinski definition) is 1. The molecule has 1 N–H and O–H groups in total. The van der Waals surface area contributed by atoms with Crippen molar-refractivity contribution in [3.63, 3.8) is 0 Å². The molecule has 2 aromatic carbocycles. The third-order valence-electron chi connectivity index (χ3n) is 3.38. The average molecular weight is 299 g/mol. The first kappa shape index (κ1) is 13.7. The lowest BCUT2D eigenvalue weighted by Crippen LogP contribution is -2.26. The van der Waals surface area contributed by atoms with Gasteiger partial charge in [-0.1, -0.05) is 48.0 Å². The highest BCUT2D eigenvalue weighted by molar-refractivity contribution is 6.31. The maximum atomic E-state index is 12.0. The molecule has 0 aliphatic heterocycles. The van der Waals surface area contributed by atoms with E-state index in [1.807, 2.05) is 65.4 Å². The van der Waals surface area contributed by atoms with Crippen LogP contribution in [0.2, 0.25) is 5.02 Å². The van der Waals surface area contributed by atoms with Crippen LogP contribution in [0.1, 0.15) is 5.56 Å². The van der Waals surface area contributed by atoms with Crippen LogP contribution in [-0.4, -0.2) is 10.5 Å². The van der Waals surface area contributed by atoms with Gasteiger partial charge in [0.2, 0.25) is 5.91 Å². The van der Waals surface area contributed by atoms with Gasteiger partial charge in [0, 0.05) is 23.3 Å². The van der Waals surface area contributed by atoms with Crippen LogP contribution in [0.5, 0.6) is 0 Å². The van der Waals surface area contributed by atoms with Crippen molar-refractivity contribution < 1.29 is 4.79 Å². The first-order valence-corrected chi connectivity index (χ1v) is 7.15. The summed E-state index contributed by atoms with van der Waals surface area (Å²) in [5, 5.41) is 4.68. The van der Waals surface area contributed by atoms with Crippen molar-refractivity contribution in [2.45, 2.75) is 13.1 Å². The summed E-state index contributed by atoms with van der Waals surface area (Å²) in [6.45, 7) is 0.830. The van der Waals surface area contributed by atoms with E-state index in [1.165, 1.54) is 0 Å². The third-order valence-corrected chi connectivity index (χ3v) is 3.62. The Hall–Kier alpha value is -2.26. The highest BCUT2D eigenvalue weighted by atomic mass is 35.5. The van der Waals surface area contributed by atoms with Crippen LogP contribution in [0.4, 0.5) is 0 Å². The summed E-state index contributed by atoms with van der Waals surface area (Å²) >= 11 is 6.01. The van der Waals surface area contributed by atoms with Gasteiger partial charge in [0.25, 0.3) is 0 Å². The van der Waals surface area contributed by atoms with Gasteiger partial charge >= 0.3 is 0 Å². The molecule has 0 fully saturated rings. The van der Waals surface area contributed by atoms with Gasteiger partial charge in [-0.3, -0.25) is 4.79 Å². The van der Waals surface area contributed by atoms with Gasteiger partial charge < -0.3 is 9.88 Å². The number of fused-ring (bicyclic) bond motifs is 1. The Morgan fingerprint density at radius 3 is 2.71 bits per heavy atom.